The zero-order valence-corrected chi connectivity index (χ0v) is 17.0. The second-order valence-corrected chi connectivity index (χ2v) is 7.84. The summed E-state index contributed by atoms with van der Waals surface area (Å²) in [6.45, 7) is 0.723. The molecule has 0 atom stereocenters. The summed E-state index contributed by atoms with van der Waals surface area (Å²) in [5.74, 6) is 0.734. The highest BCUT2D eigenvalue weighted by atomic mass is 16.3. The molecule has 0 aliphatic heterocycles. The topological polar surface area (TPSA) is 61.2 Å². The van der Waals surface area contributed by atoms with Crippen molar-refractivity contribution in [3.63, 3.8) is 0 Å². The van der Waals surface area contributed by atoms with Gasteiger partial charge in [-0.3, -0.25) is 9.38 Å². The van der Waals surface area contributed by atoms with Gasteiger partial charge in [-0.05, 0) is 23.8 Å². The van der Waals surface area contributed by atoms with Crippen LogP contribution in [0.2, 0.25) is 0 Å². The lowest BCUT2D eigenvalue weighted by Gasteiger charge is -2.10. The lowest BCUT2D eigenvalue weighted by molar-refractivity contribution is 0.580. The third-order valence-electron chi connectivity index (χ3n) is 5.99. The molecule has 0 amide bonds. The number of hydrogen-bond acceptors (Lipinski definition) is 4. The molecule has 2 aromatic carbocycles. The predicted molar refractivity (Wildman–Crippen MR) is 125 cm³/mol. The maximum absolute atomic E-state index is 5.85. The summed E-state index contributed by atoms with van der Waals surface area (Å²) in [4.78, 5) is 14.3. The Morgan fingerprint density at radius 2 is 1.75 bits per heavy atom. The van der Waals surface area contributed by atoms with Crippen LogP contribution in [0.15, 0.2) is 96.0 Å². The van der Waals surface area contributed by atoms with Crippen LogP contribution in [0.3, 0.4) is 0 Å². The van der Waals surface area contributed by atoms with E-state index in [1.54, 1.807) is 18.7 Å². The number of pyridine rings is 1. The number of para-hydroxylation sites is 1. The molecule has 0 unspecified atom stereocenters. The standard InChI is InChI=1S/C26H17N5O/c1-2-7-17(8-3-1)16-31-19-10-5-4-9-18(19)22-24-26(30-13-12-27-15-21(30)28-24)29-23(25(22)31)20-11-6-14-32-20/h1-15H,16H2. The van der Waals surface area contributed by atoms with Crippen LogP contribution in [0.5, 0.6) is 0 Å². The minimum atomic E-state index is 0.723. The third-order valence-corrected chi connectivity index (χ3v) is 5.99. The maximum atomic E-state index is 5.85. The Kier molecular flexibility index (Phi) is 3.52. The summed E-state index contributed by atoms with van der Waals surface area (Å²) < 4.78 is 10.2. The van der Waals surface area contributed by atoms with E-state index in [4.69, 9.17) is 14.4 Å². The Hall–Kier alpha value is -4.45. The molecule has 0 saturated carbocycles. The predicted octanol–water partition coefficient (Wildman–Crippen LogP) is 5.69. The van der Waals surface area contributed by atoms with E-state index in [1.807, 2.05) is 28.8 Å². The van der Waals surface area contributed by atoms with Crippen LogP contribution < -0.4 is 0 Å². The van der Waals surface area contributed by atoms with Crippen LogP contribution in [0, 0.1) is 0 Å². The molecule has 0 radical (unpaired) electrons. The summed E-state index contributed by atoms with van der Waals surface area (Å²) in [6, 6.07) is 22.8. The van der Waals surface area contributed by atoms with E-state index in [2.05, 4.69) is 58.1 Å². The molecule has 0 spiro atoms. The first-order valence-electron chi connectivity index (χ1n) is 10.5. The van der Waals surface area contributed by atoms with Crippen molar-refractivity contribution in [3.8, 4) is 11.5 Å². The fourth-order valence-corrected chi connectivity index (χ4v) is 4.63. The Morgan fingerprint density at radius 3 is 2.62 bits per heavy atom. The normalized spacial score (nSPS) is 11.9. The van der Waals surface area contributed by atoms with Crippen molar-refractivity contribution in [2.75, 3.05) is 0 Å². The molecule has 5 heterocycles. The highest BCUT2D eigenvalue weighted by molar-refractivity contribution is 6.21. The van der Waals surface area contributed by atoms with Gasteiger partial charge in [0, 0.05) is 35.2 Å². The average molecular weight is 415 g/mol. The van der Waals surface area contributed by atoms with Crippen LogP contribution >= 0.6 is 0 Å². The molecule has 0 saturated heterocycles. The second kappa shape index (κ2) is 6.52. The van der Waals surface area contributed by atoms with Gasteiger partial charge in [0.1, 0.15) is 11.2 Å². The van der Waals surface area contributed by atoms with Crippen LogP contribution in [-0.2, 0) is 6.54 Å². The second-order valence-electron chi connectivity index (χ2n) is 7.84. The van der Waals surface area contributed by atoms with Gasteiger partial charge in [0.25, 0.3) is 0 Å². The van der Waals surface area contributed by atoms with Crippen molar-refractivity contribution in [2.24, 2.45) is 0 Å². The van der Waals surface area contributed by atoms with E-state index in [1.165, 1.54) is 5.56 Å². The maximum Gasteiger partial charge on any atom is 0.166 e. The summed E-state index contributed by atoms with van der Waals surface area (Å²) in [7, 11) is 0. The van der Waals surface area contributed by atoms with Gasteiger partial charge in [0.05, 0.1) is 18.0 Å². The minimum Gasteiger partial charge on any atom is -0.463 e. The van der Waals surface area contributed by atoms with E-state index in [-0.39, 0.29) is 0 Å². The molecule has 6 nitrogen and oxygen atoms in total. The minimum absolute atomic E-state index is 0.723. The highest BCUT2D eigenvalue weighted by Crippen LogP contribution is 2.39. The van der Waals surface area contributed by atoms with Gasteiger partial charge in [-0.2, -0.15) is 0 Å². The number of imidazole rings is 1. The van der Waals surface area contributed by atoms with Crippen LogP contribution in [-0.4, -0.2) is 23.9 Å². The quantitative estimate of drug-likeness (QED) is 0.372. The SMILES string of the molecule is c1ccc(Cn2c3ccccc3c3c4nc5cnccn5c4nc(-c4ccco4)c32)cc1. The van der Waals surface area contributed by atoms with Crippen LogP contribution in [0.25, 0.3) is 50.1 Å². The summed E-state index contributed by atoms with van der Waals surface area (Å²) in [5.41, 5.74) is 6.63. The third kappa shape index (κ3) is 2.37. The first-order valence-corrected chi connectivity index (χ1v) is 10.5. The Bertz CT molecular complexity index is 1740. The van der Waals surface area contributed by atoms with Crippen LogP contribution in [0.4, 0.5) is 0 Å². The molecule has 0 aliphatic rings. The van der Waals surface area contributed by atoms with E-state index < -0.39 is 0 Å². The van der Waals surface area contributed by atoms with E-state index >= 15 is 0 Å². The summed E-state index contributed by atoms with van der Waals surface area (Å²) in [6.07, 6.45) is 7.11. The summed E-state index contributed by atoms with van der Waals surface area (Å²) >= 11 is 0. The molecule has 0 fully saturated rings. The fraction of sp³-hybridized carbons (Fsp3) is 0.0385. The Morgan fingerprint density at radius 1 is 0.875 bits per heavy atom. The first-order chi connectivity index (χ1) is 15.9. The zero-order chi connectivity index (χ0) is 21.1. The van der Waals surface area contributed by atoms with Gasteiger partial charge >= 0.3 is 0 Å². The molecule has 0 N–H and O–H groups in total. The van der Waals surface area contributed by atoms with Crippen molar-refractivity contribution in [1.82, 2.24) is 23.9 Å². The molecule has 32 heavy (non-hydrogen) atoms. The van der Waals surface area contributed by atoms with Crippen LogP contribution in [0.1, 0.15) is 5.56 Å². The van der Waals surface area contributed by atoms with Gasteiger partial charge in [-0.15, -0.1) is 0 Å². The van der Waals surface area contributed by atoms with Crippen molar-refractivity contribution in [3.05, 3.63) is 97.1 Å². The molecular weight excluding hydrogens is 398 g/mol. The number of nitrogens with zero attached hydrogens (tertiary/aromatic N) is 5. The highest BCUT2D eigenvalue weighted by Gasteiger charge is 2.23. The zero-order valence-electron chi connectivity index (χ0n) is 17.0. The fourth-order valence-electron chi connectivity index (χ4n) is 4.63. The Balaban J connectivity index is 1.71. The average Bonchev–Trinajstić information content (AvgIpc) is 3.56. The Labute approximate surface area is 182 Å². The van der Waals surface area contributed by atoms with Crippen molar-refractivity contribution < 1.29 is 4.42 Å². The van der Waals surface area contributed by atoms with E-state index in [9.17, 15) is 0 Å². The lowest BCUT2D eigenvalue weighted by atomic mass is 10.1. The number of aromatic nitrogens is 5. The van der Waals surface area contributed by atoms with Gasteiger partial charge in [-0.25, -0.2) is 9.97 Å². The number of fused-ring (bicyclic) bond motifs is 7. The molecule has 152 valence electrons. The van der Waals surface area contributed by atoms with Gasteiger partial charge in [-0.1, -0.05) is 48.5 Å². The lowest BCUT2D eigenvalue weighted by Crippen LogP contribution is -2.01. The van der Waals surface area contributed by atoms with Gasteiger partial charge in [0.15, 0.2) is 17.1 Å². The largest absolute Gasteiger partial charge is 0.463 e. The molecule has 5 aromatic heterocycles. The monoisotopic (exact) mass is 415 g/mol. The molecule has 7 rings (SSSR count). The van der Waals surface area contributed by atoms with Crippen molar-refractivity contribution in [1.29, 1.82) is 0 Å². The van der Waals surface area contributed by atoms with Gasteiger partial charge < -0.3 is 8.98 Å². The molecular formula is C26H17N5O. The number of rotatable bonds is 3. The molecule has 0 aliphatic carbocycles. The van der Waals surface area contributed by atoms with Crippen molar-refractivity contribution >= 4 is 38.6 Å². The summed E-state index contributed by atoms with van der Waals surface area (Å²) in [5, 5.41) is 2.23. The van der Waals surface area contributed by atoms with E-state index in [0.717, 1.165) is 56.6 Å². The number of benzene rings is 2. The van der Waals surface area contributed by atoms with Crippen molar-refractivity contribution in [2.45, 2.75) is 6.54 Å². The number of furan rings is 1. The van der Waals surface area contributed by atoms with Gasteiger partial charge in [0.2, 0.25) is 0 Å². The molecule has 0 bridgehead atoms. The molecule has 7 aromatic rings. The first kappa shape index (κ1) is 17.3. The molecule has 6 heteroatoms. The smallest absolute Gasteiger partial charge is 0.166 e. The van der Waals surface area contributed by atoms with E-state index in [0.29, 0.717) is 0 Å². The number of hydrogen-bond donors (Lipinski definition) is 0.